The molecule has 1 N–H and O–H groups in total. The second kappa shape index (κ2) is 6.27. The lowest BCUT2D eigenvalue weighted by Crippen LogP contribution is -2.37. The van der Waals surface area contributed by atoms with Gasteiger partial charge in [-0.15, -0.1) is 0 Å². The van der Waals surface area contributed by atoms with E-state index < -0.39 is 0 Å². The number of rotatable bonds is 3. The summed E-state index contributed by atoms with van der Waals surface area (Å²) in [6.07, 6.45) is 4.02. The summed E-state index contributed by atoms with van der Waals surface area (Å²) >= 11 is 3.62. The number of halogens is 1. The number of nitrogens with zero attached hydrogens (tertiary/aromatic N) is 2. The molecule has 0 radical (unpaired) electrons. The molecular formula is C17H26BrN3. The molecule has 3 unspecified atom stereocenters. The SMILES string of the molecule is CNC(C)c1cc(Br)ccc1N1CCC2CCC(C1)N2C. The van der Waals surface area contributed by atoms with Crippen LogP contribution in [0.2, 0.25) is 0 Å². The minimum absolute atomic E-state index is 0.371. The van der Waals surface area contributed by atoms with Crippen LogP contribution in [-0.4, -0.2) is 44.2 Å². The first-order valence-electron chi connectivity index (χ1n) is 8.03. The molecule has 2 aliphatic rings. The van der Waals surface area contributed by atoms with Crippen molar-refractivity contribution in [3.8, 4) is 0 Å². The van der Waals surface area contributed by atoms with Crippen LogP contribution >= 0.6 is 15.9 Å². The van der Waals surface area contributed by atoms with Crippen molar-refractivity contribution in [1.82, 2.24) is 10.2 Å². The van der Waals surface area contributed by atoms with Crippen molar-refractivity contribution in [2.45, 2.75) is 44.3 Å². The van der Waals surface area contributed by atoms with Crippen molar-refractivity contribution in [3.05, 3.63) is 28.2 Å². The molecule has 0 amide bonds. The number of benzene rings is 1. The van der Waals surface area contributed by atoms with Gasteiger partial charge in [-0.05, 0) is 64.0 Å². The second-order valence-electron chi connectivity index (χ2n) is 6.50. The summed E-state index contributed by atoms with van der Waals surface area (Å²) in [5.74, 6) is 0. The molecule has 116 valence electrons. The van der Waals surface area contributed by atoms with E-state index in [0.29, 0.717) is 6.04 Å². The molecule has 2 saturated heterocycles. The van der Waals surface area contributed by atoms with Gasteiger partial charge in [0.15, 0.2) is 0 Å². The van der Waals surface area contributed by atoms with E-state index >= 15 is 0 Å². The zero-order valence-electron chi connectivity index (χ0n) is 13.3. The van der Waals surface area contributed by atoms with Crippen molar-refractivity contribution in [2.24, 2.45) is 0 Å². The Morgan fingerprint density at radius 2 is 2.00 bits per heavy atom. The summed E-state index contributed by atoms with van der Waals surface area (Å²) in [6, 6.07) is 8.61. The van der Waals surface area contributed by atoms with Crippen LogP contribution < -0.4 is 10.2 Å². The van der Waals surface area contributed by atoms with Crippen LogP contribution in [0.25, 0.3) is 0 Å². The van der Waals surface area contributed by atoms with Gasteiger partial charge in [0.25, 0.3) is 0 Å². The maximum atomic E-state index is 3.62. The minimum atomic E-state index is 0.371. The molecule has 2 fully saturated rings. The van der Waals surface area contributed by atoms with Crippen LogP contribution in [0.15, 0.2) is 22.7 Å². The third kappa shape index (κ3) is 2.99. The summed E-state index contributed by atoms with van der Waals surface area (Å²) in [5, 5.41) is 3.39. The minimum Gasteiger partial charge on any atom is -0.370 e. The first-order valence-corrected chi connectivity index (χ1v) is 8.83. The molecule has 4 heteroatoms. The zero-order chi connectivity index (χ0) is 15.0. The zero-order valence-corrected chi connectivity index (χ0v) is 14.9. The van der Waals surface area contributed by atoms with E-state index in [2.05, 4.69) is 63.2 Å². The Morgan fingerprint density at radius 1 is 1.24 bits per heavy atom. The molecule has 0 aliphatic carbocycles. The van der Waals surface area contributed by atoms with Crippen molar-refractivity contribution >= 4 is 21.6 Å². The molecule has 0 saturated carbocycles. The van der Waals surface area contributed by atoms with Gasteiger partial charge >= 0.3 is 0 Å². The standard InChI is InChI=1S/C17H26BrN3/c1-12(19-2)16-10-13(18)4-7-17(16)21-9-8-14-5-6-15(11-21)20(14)3/h4,7,10,12,14-15,19H,5-6,8-9,11H2,1-3H3. The number of hydrogen-bond acceptors (Lipinski definition) is 3. The number of nitrogens with one attached hydrogen (secondary N) is 1. The van der Waals surface area contributed by atoms with Crippen molar-refractivity contribution in [3.63, 3.8) is 0 Å². The van der Waals surface area contributed by atoms with Gasteiger partial charge in [0, 0.05) is 41.4 Å². The van der Waals surface area contributed by atoms with E-state index in [-0.39, 0.29) is 0 Å². The van der Waals surface area contributed by atoms with Crippen LogP contribution in [0.5, 0.6) is 0 Å². The van der Waals surface area contributed by atoms with E-state index in [1.165, 1.54) is 37.1 Å². The Hall–Kier alpha value is -0.580. The largest absolute Gasteiger partial charge is 0.370 e. The van der Waals surface area contributed by atoms with Gasteiger partial charge in [0.1, 0.15) is 0 Å². The first-order chi connectivity index (χ1) is 10.1. The van der Waals surface area contributed by atoms with E-state index in [1.807, 2.05) is 7.05 Å². The fourth-order valence-electron chi connectivity index (χ4n) is 3.84. The number of likely N-dealkylation sites (N-methyl/N-ethyl adjacent to an activating group) is 1. The van der Waals surface area contributed by atoms with Gasteiger partial charge < -0.3 is 10.2 Å². The Kier molecular flexibility index (Phi) is 4.57. The molecule has 2 bridgehead atoms. The smallest absolute Gasteiger partial charge is 0.0415 e. The third-order valence-corrected chi connectivity index (χ3v) is 5.87. The van der Waals surface area contributed by atoms with Crippen LogP contribution in [0, 0.1) is 0 Å². The fraction of sp³-hybridized carbons (Fsp3) is 0.647. The predicted molar refractivity (Wildman–Crippen MR) is 93.0 cm³/mol. The summed E-state index contributed by atoms with van der Waals surface area (Å²) in [7, 11) is 4.35. The molecule has 2 heterocycles. The van der Waals surface area contributed by atoms with E-state index in [4.69, 9.17) is 0 Å². The second-order valence-corrected chi connectivity index (χ2v) is 7.41. The van der Waals surface area contributed by atoms with Crippen molar-refractivity contribution in [2.75, 3.05) is 32.1 Å². The van der Waals surface area contributed by atoms with Gasteiger partial charge in [-0.3, -0.25) is 4.90 Å². The van der Waals surface area contributed by atoms with Crippen molar-refractivity contribution in [1.29, 1.82) is 0 Å². The monoisotopic (exact) mass is 351 g/mol. The quantitative estimate of drug-likeness (QED) is 0.900. The van der Waals surface area contributed by atoms with E-state index in [0.717, 1.165) is 23.1 Å². The molecule has 0 aromatic heterocycles. The molecule has 3 atom stereocenters. The lowest BCUT2D eigenvalue weighted by atomic mass is 10.0. The summed E-state index contributed by atoms with van der Waals surface area (Å²) < 4.78 is 1.16. The normalized spacial score (nSPS) is 27.7. The Balaban J connectivity index is 1.89. The maximum absolute atomic E-state index is 3.62. The molecule has 21 heavy (non-hydrogen) atoms. The van der Waals surface area contributed by atoms with Crippen LogP contribution in [0.3, 0.4) is 0 Å². The molecule has 2 aliphatic heterocycles. The highest BCUT2D eigenvalue weighted by molar-refractivity contribution is 9.10. The maximum Gasteiger partial charge on any atom is 0.0415 e. The highest BCUT2D eigenvalue weighted by Gasteiger charge is 2.35. The highest BCUT2D eigenvalue weighted by Crippen LogP contribution is 2.34. The van der Waals surface area contributed by atoms with Gasteiger partial charge in [-0.1, -0.05) is 15.9 Å². The van der Waals surface area contributed by atoms with Gasteiger partial charge in [-0.2, -0.15) is 0 Å². The molecular weight excluding hydrogens is 326 g/mol. The lowest BCUT2D eigenvalue weighted by Gasteiger charge is -2.31. The summed E-state index contributed by atoms with van der Waals surface area (Å²) in [4.78, 5) is 5.22. The molecule has 0 spiro atoms. The first kappa shape index (κ1) is 15.3. The van der Waals surface area contributed by atoms with Gasteiger partial charge in [-0.25, -0.2) is 0 Å². The molecule has 3 nitrogen and oxygen atoms in total. The average Bonchev–Trinajstić information content (AvgIpc) is 2.72. The number of fused-ring (bicyclic) bond motifs is 2. The van der Waals surface area contributed by atoms with Crippen LogP contribution in [0.4, 0.5) is 5.69 Å². The lowest BCUT2D eigenvalue weighted by molar-refractivity contribution is 0.254. The topological polar surface area (TPSA) is 18.5 Å². The molecule has 3 rings (SSSR count). The molecule has 1 aromatic carbocycles. The van der Waals surface area contributed by atoms with Crippen LogP contribution in [-0.2, 0) is 0 Å². The van der Waals surface area contributed by atoms with Crippen molar-refractivity contribution < 1.29 is 0 Å². The Morgan fingerprint density at radius 3 is 2.76 bits per heavy atom. The average molecular weight is 352 g/mol. The number of hydrogen-bond donors (Lipinski definition) is 1. The summed E-state index contributed by atoms with van der Waals surface area (Å²) in [6.45, 7) is 4.58. The Bertz CT molecular complexity index is 505. The van der Waals surface area contributed by atoms with Crippen LogP contribution in [0.1, 0.15) is 37.8 Å². The fourth-order valence-corrected chi connectivity index (χ4v) is 4.22. The van der Waals surface area contributed by atoms with E-state index in [9.17, 15) is 0 Å². The van der Waals surface area contributed by atoms with Gasteiger partial charge in [0.05, 0.1) is 0 Å². The predicted octanol–water partition coefficient (Wildman–Crippen LogP) is 3.40. The highest BCUT2D eigenvalue weighted by atomic mass is 79.9. The summed E-state index contributed by atoms with van der Waals surface area (Å²) in [5.41, 5.74) is 2.80. The van der Waals surface area contributed by atoms with E-state index in [1.54, 1.807) is 0 Å². The van der Waals surface area contributed by atoms with Gasteiger partial charge in [0.2, 0.25) is 0 Å². The molecule has 1 aromatic rings. The Labute approximate surface area is 136 Å². The number of anilines is 1. The third-order valence-electron chi connectivity index (χ3n) is 5.38.